The third kappa shape index (κ3) is 37.4. The van der Waals surface area contributed by atoms with E-state index in [0.717, 1.165) is 25.7 Å². The van der Waals surface area contributed by atoms with Gasteiger partial charge in [0.05, 0.1) is 19.1 Å². The Bertz CT molecular complexity index is 420. The summed E-state index contributed by atoms with van der Waals surface area (Å²) in [5, 5.41) is 24.8. The highest BCUT2D eigenvalue weighted by Crippen LogP contribution is 2.20. The van der Waals surface area contributed by atoms with Crippen LogP contribution in [-0.4, -0.2) is 34.5 Å². The highest BCUT2D eigenvalue weighted by molar-refractivity contribution is 5.69. The molecule has 4 heteroatoms. The molecule has 0 rings (SSSR count). The van der Waals surface area contributed by atoms with Crippen LogP contribution in [0.15, 0.2) is 0 Å². The SMILES string of the molecule is CCCCCCCCCCCCCCCCC(CCCCCCCCCCCCCCCC)C(=O)O.OCCO. The standard InChI is InChI=1S/C34H68O2.C2H6O2/c1-3-5-7-9-11-13-15-17-19-21-23-25-27-29-31-33(34(35)36)32-30-28-26-24-22-20-18-16-14-12-10-8-6-4-2;3-1-2-4/h33H,3-32H2,1-2H3,(H,35,36);3-4H,1-2H2. The first-order chi connectivity index (χ1) is 19.6. The predicted molar refractivity (Wildman–Crippen MR) is 175 cm³/mol. The summed E-state index contributed by atoms with van der Waals surface area (Å²) in [5.41, 5.74) is 0. The molecule has 0 aliphatic carbocycles. The van der Waals surface area contributed by atoms with Gasteiger partial charge < -0.3 is 15.3 Å². The number of hydrogen-bond acceptors (Lipinski definition) is 3. The summed E-state index contributed by atoms with van der Waals surface area (Å²) >= 11 is 0. The van der Waals surface area contributed by atoms with Gasteiger partial charge in [-0.05, 0) is 12.8 Å². The quantitative estimate of drug-likeness (QED) is 0.0703. The number of aliphatic hydroxyl groups excluding tert-OH is 2. The van der Waals surface area contributed by atoms with Crippen molar-refractivity contribution >= 4 is 5.97 Å². The van der Waals surface area contributed by atoms with E-state index < -0.39 is 5.97 Å². The molecule has 0 fully saturated rings. The second-order valence-electron chi connectivity index (χ2n) is 12.3. The second kappa shape index (κ2) is 38.4. The zero-order chi connectivity index (χ0) is 29.8. The lowest BCUT2D eigenvalue weighted by molar-refractivity contribution is -0.142. The summed E-state index contributed by atoms with van der Waals surface area (Å²) in [5.74, 6) is -0.654. The van der Waals surface area contributed by atoms with Crippen LogP contribution in [0.25, 0.3) is 0 Å². The van der Waals surface area contributed by atoms with E-state index in [0.29, 0.717) is 0 Å². The Hall–Kier alpha value is -0.610. The summed E-state index contributed by atoms with van der Waals surface area (Å²) in [4.78, 5) is 11.6. The molecule has 0 aromatic heterocycles. The maximum Gasteiger partial charge on any atom is 0.306 e. The average molecular weight is 571 g/mol. The first kappa shape index (κ1) is 41.5. The molecule has 0 unspecified atom stereocenters. The molecule has 0 spiro atoms. The Morgan fingerprint density at radius 3 is 0.775 bits per heavy atom. The van der Waals surface area contributed by atoms with Crippen molar-refractivity contribution in [1.82, 2.24) is 0 Å². The fourth-order valence-corrected chi connectivity index (χ4v) is 5.56. The second-order valence-corrected chi connectivity index (χ2v) is 12.3. The molecule has 0 bridgehead atoms. The molecular formula is C36H74O4. The first-order valence-corrected chi connectivity index (χ1v) is 18.1. The van der Waals surface area contributed by atoms with E-state index in [-0.39, 0.29) is 19.1 Å². The normalized spacial score (nSPS) is 11.1. The van der Waals surface area contributed by atoms with Gasteiger partial charge in [0, 0.05) is 0 Å². The summed E-state index contributed by atoms with van der Waals surface area (Å²) in [6.07, 6.45) is 39.9. The Kier molecular flexibility index (Phi) is 39.9. The van der Waals surface area contributed by atoms with Crippen LogP contribution in [0.2, 0.25) is 0 Å². The van der Waals surface area contributed by atoms with Gasteiger partial charge in [-0.2, -0.15) is 0 Å². The molecule has 0 saturated heterocycles. The number of rotatable bonds is 32. The summed E-state index contributed by atoms with van der Waals surface area (Å²) in [6.45, 7) is 4.32. The van der Waals surface area contributed by atoms with Gasteiger partial charge in [-0.1, -0.05) is 194 Å². The van der Waals surface area contributed by atoms with Crippen LogP contribution in [0.5, 0.6) is 0 Å². The number of unbranched alkanes of at least 4 members (excludes halogenated alkanes) is 26. The number of hydrogen-bond donors (Lipinski definition) is 3. The molecule has 0 aliphatic rings. The fourth-order valence-electron chi connectivity index (χ4n) is 5.56. The topological polar surface area (TPSA) is 77.8 Å². The zero-order valence-corrected chi connectivity index (χ0v) is 27.5. The highest BCUT2D eigenvalue weighted by Gasteiger charge is 2.16. The lowest BCUT2D eigenvalue weighted by Crippen LogP contribution is -2.13. The third-order valence-electron chi connectivity index (χ3n) is 8.26. The van der Waals surface area contributed by atoms with Gasteiger partial charge in [0.2, 0.25) is 0 Å². The van der Waals surface area contributed by atoms with Crippen LogP contribution in [0.1, 0.15) is 206 Å². The van der Waals surface area contributed by atoms with E-state index in [2.05, 4.69) is 13.8 Å². The molecule has 0 aromatic rings. The van der Waals surface area contributed by atoms with Gasteiger partial charge in [-0.15, -0.1) is 0 Å². The van der Waals surface area contributed by atoms with Crippen LogP contribution in [0.3, 0.4) is 0 Å². The number of carboxylic acid groups (broad SMARTS) is 1. The summed E-state index contributed by atoms with van der Waals surface area (Å²) in [6, 6.07) is 0. The van der Waals surface area contributed by atoms with Gasteiger partial charge in [0.25, 0.3) is 0 Å². The van der Waals surface area contributed by atoms with Gasteiger partial charge in [-0.3, -0.25) is 4.79 Å². The van der Waals surface area contributed by atoms with Crippen molar-refractivity contribution in [1.29, 1.82) is 0 Å². The molecule has 0 aromatic carbocycles. The molecular weight excluding hydrogens is 496 g/mol. The van der Waals surface area contributed by atoms with Crippen molar-refractivity contribution in [3.8, 4) is 0 Å². The van der Waals surface area contributed by atoms with Crippen molar-refractivity contribution in [2.24, 2.45) is 5.92 Å². The summed E-state index contributed by atoms with van der Waals surface area (Å²) in [7, 11) is 0. The minimum Gasteiger partial charge on any atom is -0.481 e. The van der Waals surface area contributed by atoms with Crippen LogP contribution < -0.4 is 0 Å². The molecule has 40 heavy (non-hydrogen) atoms. The van der Waals surface area contributed by atoms with E-state index in [1.165, 1.54) is 167 Å². The Balaban J connectivity index is 0. The van der Waals surface area contributed by atoms with Gasteiger partial charge >= 0.3 is 5.97 Å². The fraction of sp³-hybridized carbons (Fsp3) is 0.972. The van der Waals surface area contributed by atoms with Crippen LogP contribution in [-0.2, 0) is 4.79 Å². The third-order valence-corrected chi connectivity index (χ3v) is 8.26. The van der Waals surface area contributed by atoms with Crippen LogP contribution >= 0.6 is 0 Å². The van der Waals surface area contributed by atoms with Crippen molar-refractivity contribution in [2.45, 2.75) is 206 Å². The molecule has 3 N–H and O–H groups in total. The predicted octanol–water partition coefficient (Wildman–Crippen LogP) is 11.4. The number of aliphatic carboxylic acids is 1. The molecule has 0 aliphatic heterocycles. The van der Waals surface area contributed by atoms with E-state index in [9.17, 15) is 9.90 Å². The molecule has 0 heterocycles. The Labute approximate surface area is 251 Å². The minimum absolute atomic E-state index is 0.0975. The monoisotopic (exact) mass is 571 g/mol. The van der Waals surface area contributed by atoms with Crippen LogP contribution in [0, 0.1) is 5.92 Å². The van der Waals surface area contributed by atoms with Crippen LogP contribution in [0.4, 0.5) is 0 Å². The number of carbonyl (C=O) groups is 1. The van der Waals surface area contributed by atoms with E-state index >= 15 is 0 Å². The van der Waals surface area contributed by atoms with Crippen molar-refractivity contribution < 1.29 is 20.1 Å². The molecule has 0 atom stereocenters. The average Bonchev–Trinajstić information content (AvgIpc) is 2.96. The lowest BCUT2D eigenvalue weighted by Gasteiger charge is -2.12. The van der Waals surface area contributed by atoms with Gasteiger partial charge in [0.15, 0.2) is 0 Å². The Morgan fingerprint density at radius 2 is 0.600 bits per heavy atom. The highest BCUT2D eigenvalue weighted by atomic mass is 16.4. The van der Waals surface area contributed by atoms with E-state index in [1.807, 2.05) is 0 Å². The zero-order valence-electron chi connectivity index (χ0n) is 27.5. The molecule has 0 radical (unpaired) electrons. The van der Waals surface area contributed by atoms with E-state index in [1.54, 1.807) is 0 Å². The van der Waals surface area contributed by atoms with Gasteiger partial charge in [0.1, 0.15) is 0 Å². The minimum atomic E-state index is -0.556. The first-order valence-electron chi connectivity index (χ1n) is 18.1. The molecule has 4 nitrogen and oxygen atoms in total. The number of carboxylic acids is 1. The smallest absolute Gasteiger partial charge is 0.306 e. The maximum absolute atomic E-state index is 11.6. The maximum atomic E-state index is 11.6. The van der Waals surface area contributed by atoms with Crippen molar-refractivity contribution in [2.75, 3.05) is 13.2 Å². The molecule has 0 saturated carbocycles. The van der Waals surface area contributed by atoms with Crippen molar-refractivity contribution in [3.05, 3.63) is 0 Å². The molecule has 242 valence electrons. The summed E-state index contributed by atoms with van der Waals surface area (Å²) < 4.78 is 0. The van der Waals surface area contributed by atoms with Crippen molar-refractivity contribution in [3.63, 3.8) is 0 Å². The number of aliphatic hydroxyl groups is 2. The van der Waals surface area contributed by atoms with E-state index in [4.69, 9.17) is 10.2 Å². The Morgan fingerprint density at radius 1 is 0.400 bits per heavy atom. The van der Waals surface area contributed by atoms with Gasteiger partial charge in [-0.25, -0.2) is 0 Å². The molecule has 0 amide bonds. The lowest BCUT2D eigenvalue weighted by atomic mass is 9.94. The largest absolute Gasteiger partial charge is 0.481 e.